The van der Waals surface area contributed by atoms with Gasteiger partial charge in [0.15, 0.2) is 8.07 Å². The number of hydrogen-bond acceptors (Lipinski definition) is 0. The second-order valence-corrected chi connectivity index (χ2v) is 38.3. The van der Waals surface area contributed by atoms with Crippen LogP contribution in [0.15, 0.2) is 127 Å². The van der Waals surface area contributed by atoms with Crippen molar-refractivity contribution in [2.45, 2.75) is 183 Å². The van der Waals surface area contributed by atoms with Crippen LogP contribution in [-0.2, 0) is 37.9 Å². The molecule has 3 nitrogen and oxygen atoms in total. The molecule has 4 aliphatic heterocycles. The monoisotopic (exact) mass is 1150 g/mol. The maximum atomic E-state index is 2.87. The third kappa shape index (κ3) is 6.60. The van der Waals surface area contributed by atoms with Gasteiger partial charge in [-0.05, 0) is 168 Å². The molecule has 0 unspecified atom stereocenters. The Morgan fingerprint density at radius 2 is 0.816 bits per heavy atom. The lowest BCUT2D eigenvalue weighted by Crippen LogP contribution is -2.77. The second kappa shape index (κ2) is 15.9. The van der Waals surface area contributed by atoms with Gasteiger partial charge in [0.05, 0.1) is 33.1 Å². The van der Waals surface area contributed by atoms with Crippen LogP contribution in [0.1, 0.15) is 184 Å². The van der Waals surface area contributed by atoms with Gasteiger partial charge in [-0.1, -0.05) is 230 Å². The molecule has 4 aliphatic rings. The molecule has 87 heavy (non-hydrogen) atoms. The molecule has 13 aromatic rings. The van der Waals surface area contributed by atoms with E-state index in [0.29, 0.717) is 0 Å². The maximum Gasteiger partial charge on any atom is 0.252 e. The summed E-state index contributed by atoms with van der Waals surface area (Å²) in [5.74, 6) is 0. The van der Waals surface area contributed by atoms with Crippen LogP contribution in [0.5, 0.6) is 0 Å². The van der Waals surface area contributed by atoms with E-state index in [1.807, 2.05) is 0 Å². The summed E-state index contributed by atoms with van der Waals surface area (Å²) in [5.41, 5.74) is 28.7. The summed E-state index contributed by atoms with van der Waals surface area (Å²) in [7, 11) is -3.23. The van der Waals surface area contributed by atoms with Gasteiger partial charge in [-0.2, -0.15) is 0 Å². The van der Waals surface area contributed by atoms with E-state index in [0.717, 1.165) is 0 Å². The van der Waals surface area contributed by atoms with Crippen molar-refractivity contribution >= 4 is 134 Å². The molecule has 0 atom stereocenters. The zero-order valence-electron chi connectivity index (χ0n) is 55.5. The molecule has 9 aromatic carbocycles. The Balaban J connectivity index is 1.14. The number of benzene rings is 9. The normalized spacial score (nSPS) is 15.5. The average molecular weight is 1150 g/mol. The Kier molecular flexibility index (Phi) is 9.85. The van der Waals surface area contributed by atoms with Crippen molar-refractivity contribution in [3.05, 3.63) is 166 Å². The van der Waals surface area contributed by atoms with E-state index in [9.17, 15) is 0 Å². The summed E-state index contributed by atoms with van der Waals surface area (Å²) >= 11 is 0. The van der Waals surface area contributed by atoms with Crippen LogP contribution >= 0.6 is 0 Å². The highest BCUT2D eigenvalue weighted by Crippen LogP contribution is 2.51. The lowest BCUT2D eigenvalue weighted by molar-refractivity contribution is 0.573. The third-order valence-electron chi connectivity index (χ3n) is 21.9. The first kappa shape index (κ1) is 53.9. The minimum Gasteiger partial charge on any atom is -0.310 e. The van der Waals surface area contributed by atoms with Crippen LogP contribution in [0, 0.1) is 0 Å². The molecule has 0 saturated carbocycles. The van der Waals surface area contributed by atoms with Crippen LogP contribution in [0.2, 0.25) is 0 Å². The SMILES string of the molecule is CC(C)(C)c1ccc2c(c1)[Si]1(c3cc(C(C)(C)C)ccc3-2)c2ccc3c4c2-n2c5c(cc(C(C)(C)C)cc5c5cc(C(C)(C)C)cc1c52)B4c1cc2c(c4cccc5c6c(C(C)(C)C)cc(C(C)(C)C)cc6n2c54)c2c4cc(C(C)(C)C)ccc4n-3c12. The number of nitrogens with zero attached hydrogens (tertiary/aromatic N) is 3. The van der Waals surface area contributed by atoms with Crippen LogP contribution < -0.4 is 37.1 Å². The molecule has 17 rings (SSSR count). The van der Waals surface area contributed by atoms with Crippen molar-refractivity contribution in [2.24, 2.45) is 0 Å². The van der Waals surface area contributed by atoms with E-state index < -0.39 is 8.07 Å². The minimum absolute atomic E-state index is 0.0494. The molecular formula is C82H84BN3Si. The molecule has 4 aromatic heterocycles. The van der Waals surface area contributed by atoms with Gasteiger partial charge in [0, 0.05) is 60.0 Å². The van der Waals surface area contributed by atoms with E-state index in [-0.39, 0.29) is 44.6 Å². The molecule has 0 aliphatic carbocycles. The van der Waals surface area contributed by atoms with Gasteiger partial charge >= 0.3 is 0 Å². The molecular weight excluding hydrogens is 1070 g/mol. The zero-order valence-corrected chi connectivity index (χ0v) is 56.5. The smallest absolute Gasteiger partial charge is 0.252 e. The first-order valence-electron chi connectivity index (χ1n) is 32.5. The van der Waals surface area contributed by atoms with Crippen molar-refractivity contribution in [2.75, 3.05) is 0 Å². The number of hydrogen-bond donors (Lipinski definition) is 0. The molecule has 0 fully saturated rings. The van der Waals surface area contributed by atoms with Crippen LogP contribution in [0.3, 0.4) is 0 Å². The summed E-state index contributed by atoms with van der Waals surface area (Å²) in [6, 6.07) is 54.1. The first-order chi connectivity index (χ1) is 40.6. The van der Waals surface area contributed by atoms with Crippen molar-refractivity contribution < 1.29 is 0 Å². The molecule has 434 valence electrons. The standard InChI is InChI=1S/C82H84BN3Si/c1-76(2,3)43-27-30-59-55(33-43)69-68-52-24-22-23-51-67-56(82(19,20)21)36-48(81(16,17)18)38-61(67)85(71(51)52)62(68)42-58-74(69)84(59)60-31-32-63-75-70(60)83(58)57-37-46(79(10,11)12)34-53-54-35-47(80(13,14)15)41-66(73(54)86(75)72(53)57)87(63)64-39-44(77(4,5)6)25-28-49(64)50-29-26-45(40-65(50)87)78(7,8)9/h22-42H,1-21H3. The molecule has 5 heteroatoms. The lowest BCUT2D eigenvalue weighted by Gasteiger charge is -2.43. The Morgan fingerprint density at radius 3 is 1.40 bits per heavy atom. The van der Waals surface area contributed by atoms with Crippen molar-refractivity contribution in [1.29, 1.82) is 0 Å². The fraction of sp³-hybridized carbons (Fsp3) is 0.341. The molecule has 0 saturated heterocycles. The molecule has 8 heterocycles. The van der Waals surface area contributed by atoms with Gasteiger partial charge in [-0.15, -0.1) is 0 Å². The van der Waals surface area contributed by atoms with Gasteiger partial charge in [-0.25, -0.2) is 0 Å². The van der Waals surface area contributed by atoms with E-state index >= 15 is 0 Å². The Morgan fingerprint density at radius 1 is 0.322 bits per heavy atom. The van der Waals surface area contributed by atoms with Crippen molar-refractivity contribution in [3.63, 3.8) is 0 Å². The minimum atomic E-state index is -3.23. The topological polar surface area (TPSA) is 14.3 Å². The fourth-order valence-corrected chi connectivity index (χ4v) is 22.9. The van der Waals surface area contributed by atoms with Gasteiger partial charge < -0.3 is 13.5 Å². The highest BCUT2D eigenvalue weighted by atomic mass is 28.3. The van der Waals surface area contributed by atoms with E-state index in [1.165, 1.54) is 165 Å². The number of rotatable bonds is 0. The van der Waals surface area contributed by atoms with E-state index in [2.05, 4.69) is 286 Å². The van der Waals surface area contributed by atoms with Crippen LogP contribution in [0.4, 0.5) is 0 Å². The number of fused-ring (bicyclic) bond motifs is 21. The summed E-state index contributed by atoms with van der Waals surface area (Å²) in [5, 5.41) is 17.2. The first-order valence-corrected chi connectivity index (χ1v) is 34.5. The van der Waals surface area contributed by atoms with Crippen LogP contribution in [-0.4, -0.2) is 28.3 Å². The van der Waals surface area contributed by atoms with Gasteiger partial charge in [0.25, 0.3) is 6.71 Å². The molecule has 0 amide bonds. The molecule has 0 N–H and O–H groups in total. The van der Waals surface area contributed by atoms with E-state index in [4.69, 9.17) is 0 Å². The quantitative estimate of drug-likeness (QED) is 0.134. The summed E-state index contributed by atoms with van der Waals surface area (Å²) in [4.78, 5) is 0. The second-order valence-electron chi connectivity index (χ2n) is 34.7. The van der Waals surface area contributed by atoms with Crippen molar-refractivity contribution in [3.8, 4) is 22.5 Å². The van der Waals surface area contributed by atoms with Gasteiger partial charge in [-0.3, -0.25) is 0 Å². The Labute approximate surface area is 516 Å². The molecule has 0 bridgehead atoms. The summed E-state index contributed by atoms with van der Waals surface area (Å²) < 4.78 is 8.39. The third-order valence-corrected chi connectivity index (χ3v) is 26.8. The fourth-order valence-electron chi connectivity index (χ4n) is 17.3. The van der Waals surface area contributed by atoms with Crippen LogP contribution in [0.25, 0.3) is 104 Å². The zero-order chi connectivity index (χ0) is 61.2. The molecule has 0 radical (unpaired) electrons. The van der Waals surface area contributed by atoms with E-state index in [1.54, 1.807) is 15.6 Å². The predicted molar refractivity (Wildman–Crippen MR) is 382 cm³/mol. The summed E-state index contributed by atoms with van der Waals surface area (Å²) in [6.45, 7) is 50.7. The summed E-state index contributed by atoms with van der Waals surface area (Å²) in [6.07, 6.45) is 0. The Bertz CT molecular complexity index is 5300. The maximum absolute atomic E-state index is 3.23. The largest absolute Gasteiger partial charge is 0.310 e. The number of para-hydroxylation sites is 1. The predicted octanol–water partition coefficient (Wildman–Crippen LogP) is 16.9. The Hall–Kier alpha value is -7.34. The van der Waals surface area contributed by atoms with Gasteiger partial charge in [0.2, 0.25) is 0 Å². The average Bonchev–Trinajstić information content (AvgIpc) is 1.53. The highest BCUT2D eigenvalue weighted by molar-refractivity contribution is 7.24. The molecule has 1 spiro atoms. The highest BCUT2D eigenvalue weighted by Gasteiger charge is 2.57. The van der Waals surface area contributed by atoms with Gasteiger partial charge in [0.1, 0.15) is 0 Å². The number of aromatic nitrogens is 3. The lowest BCUT2D eigenvalue weighted by atomic mass is 9.34. The van der Waals surface area contributed by atoms with Crippen molar-refractivity contribution in [1.82, 2.24) is 13.5 Å².